The Bertz CT molecular complexity index is 31.9. The number of nitrogens with zero attached hydrogens (tertiary/aromatic N) is 2. The van der Waals surface area contributed by atoms with Crippen molar-refractivity contribution < 1.29 is 5.21 Å². The summed E-state index contributed by atoms with van der Waals surface area (Å²) in [6, 6.07) is 0. The molecular formula is H3N3O2. The second kappa shape index (κ2) is 1.62. The summed E-state index contributed by atoms with van der Waals surface area (Å²) in [4.78, 5) is 8.81. The highest BCUT2D eigenvalue weighted by Gasteiger charge is 1.71. The van der Waals surface area contributed by atoms with Gasteiger partial charge in [-0.2, -0.15) is 0 Å². The van der Waals surface area contributed by atoms with Gasteiger partial charge in [0.15, 0.2) is 0 Å². The average molecular weight is 77.0 g/mol. The van der Waals surface area contributed by atoms with E-state index < -0.39 is 0 Å². The third-order valence-electron chi connectivity index (χ3n) is 0.0837. The molecule has 5 heavy (non-hydrogen) atoms. The molecule has 0 aliphatic heterocycles. The first-order chi connectivity index (χ1) is 2.27. The summed E-state index contributed by atoms with van der Waals surface area (Å²) in [6.45, 7) is 0. The fourth-order valence-electron chi connectivity index (χ4n) is 0. The number of nitroso groups, excluding NO2 is 1. The van der Waals surface area contributed by atoms with E-state index in [1.807, 2.05) is 0 Å². The van der Waals surface area contributed by atoms with E-state index in [9.17, 15) is 0 Å². The van der Waals surface area contributed by atoms with Crippen LogP contribution in [0.15, 0.2) is 5.29 Å². The number of nitrogens with two attached hydrogens (primary N) is 1. The van der Waals surface area contributed by atoms with Gasteiger partial charge in [0.25, 0.3) is 0 Å². The summed E-state index contributed by atoms with van der Waals surface area (Å²) < 4.78 is 0. The Balaban J connectivity index is 2.83. The fraction of sp³-hybridized carbons (Fsp3) is 0. The molecule has 0 aromatic heterocycles. The summed E-state index contributed by atoms with van der Waals surface area (Å²) in [6.07, 6.45) is 0. The zero-order valence-electron chi connectivity index (χ0n) is 2.33. The van der Waals surface area contributed by atoms with Gasteiger partial charge >= 0.3 is 0 Å². The molecule has 0 radical (unpaired) electrons. The summed E-state index contributed by atoms with van der Waals surface area (Å²) >= 11 is 0. The van der Waals surface area contributed by atoms with Gasteiger partial charge < -0.3 is 0 Å². The third-order valence-corrected chi connectivity index (χ3v) is 0.0837. The van der Waals surface area contributed by atoms with Crippen LogP contribution in [-0.4, -0.2) is 10.5 Å². The maximum atomic E-state index is 8.81. The molecule has 0 saturated heterocycles. The third kappa shape index (κ3) is 3.32. The second-order valence-corrected chi connectivity index (χ2v) is 0.402. The highest BCUT2D eigenvalue weighted by atomic mass is 16.6. The maximum Gasteiger partial charge on any atom is 0.0958 e. The van der Waals surface area contributed by atoms with Crippen molar-refractivity contribution in [3.05, 3.63) is 4.91 Å². The van der Waals surface area contributed by atoms with Gasteiger partial charge in [-0.15, -0.1) is 4.91 Å². The van der Waals surface area contributed by atoms with Crippen LogP contribution in [-0.2, 0) is 0 Å². The van der Waals surface area contributed by atoms with Crippen molar-refractivity contribution in [2.45, 2.75) is 0 Å². The van der Waals surface area contributed by atoms with Crippen molar-refractivity contribution in [2.24, 2.45) is 11.1 Å². The monoisotopic (exact) mass is 77.0 g/mol. The molecule has 0 aromatic carbocycles. The first-order valence-corrected chi connectivity index (χ1v) is 0.841. The van der Waals surface area contributed by atoms with Gasteiger partial charge in [0.2, 0.25) is 0 Å². The average Bonchev–Trinajstić information content (AvgIpc) is 1.38. The molecule has 0 rings (SSSR count). The molecule has 0 amide bonds. The molecule has 0 spiro atoms. The summed E-state index contributed by atoms with van der Waals surface area (Å²) in [5, 5.41) is 8.99. The van der Waals surface area contributed by atoms with Crippen LogP contribution >= 0.6 is 0 Å². The topological polar surface area (TPSA) is 78.9 Å². The summed E-state index contributed by atoms with van der Waals surface area (Å²) in [7, 11) is 0. The molecule has 0 fully saturated rings. The molecule has 0 aliphatic rings. The SMILES string of the molecule is NN(O)N=O. The molecule has 0 heterocycles. The van der Waals surface area contributed by atoms with Crippen LogP contribution in [0.4, 0.5) is 0 Å². The maximum absolute atomic E-state index is 8.81. The van der Waals surface area contributed by atoms with Gasteiger partial charge in [-0.25, -0.2) is 5.84 Å². The van der Waals surface area contributed by atoms with E-state index in [2.05, 4.69) is 5.84 Å². The van der Waals surface area contributed by atoms with Gasteiger partial charge in [-0.05, 0) is 0 Å². The van der Waals surface area contributed by atoms with Crippen molar-refractivity contribution >= 4 is 0 Å². The molecule has 0 aliphatic carbocycles. The minimum atomic E-state index is -0.306. The lowest BCUT2D eigenvalue weighted by Gasteiger charge is -1.87. The Morgan fingerprint density at radius 2 is 2.20 bits per heavy atom. The smallest absolute Gasteiger partial charge is 0.0958 e. The lowest BCUT2D eigenvalue weighted by atomic mass is 12.4. The number of rotatable bonds is 1. The van der Waals surface area contributed by atoms with Crippen LogP contribution in [0.3, 0.4) is 0 Å². The van der Waals surface area contributed by atoms with E-state index in [0.29, 0.717) is 0 Å². The standard InChI is InChI=1S/H3N3O2/c1-3(5)2-4/h5H,1H2. The van der Waals surface area contributed by atoms with Crippen LogP contribution in [0.25, 0.3) is 0 Å². The lowest BCUT2D eigenvalue weighted by molar-refractivity contribution is -0.0938. The molecule has 0 saturated carbocycles. The quantitative estimate of drug-likeness (QED) is 0.245. The van der Waals surface area contributed by atoms with Gasteiger partial charge in [0.1, 0.15) is 0 Å². The Morgan fingerprint density at radius 1 is 2.00 bits per heavy atom. The molecule has 0 unspecified atom stereocenters. The van der Waals surface area contributed by atoms with Crippen molar-refractivity contribution in [1.82, 2.24) is 5.28 Å². The molecule has 0 bridgehead atoms. The van der Waals surface area contributed by atoms with E-state index in [0.717, 1.165) is 0 Å². The van der Waals surface area contributed by atoms with E-state index in [1.165, 1.54) is 0 Å². The van der Waals surface area contributed by atoms with Crippen molar-refractivity contribution in [3.63, 3.8) is 0 Å². The molecule has 0 atom stereocenters. The number of hydrogen-bond donors (Lipinski definition) is 2. The molecule has 30 valence electrons. The Morgan fingerprint density at radius 3 is 2.20 bits per heavy atom. The van der Waals surface area contributed by atoms with Gasteiger partial charge in [-0.1, -0.05) is 5.28 Å². The van der Waals surface area contributed by atoms with Crippen LogP contribution in [0, 0.1) is 4.91 Å². The number of hydrogen-bond acceptors (Lipinski definition) is 4. The van der Waals surface area contributed by atoms with Crippen LogP contribution in [0.1, 0.15) is 0 Å². The lowest BCUT2D eigenvalue weighted by Crippen LogP contribution is -2.18. The van der Waals surface area contributed by atoms with Crippen molar-refractivity contribution in [2.75, 3.05) is 0 Å². The van der Waals surface area contributed by atoms with E-state index in [1.54, 1.807) is 5.29 Å². The molecule has 3 N–H and O–H groups in total. The predicted molar refractivity (Wildman–Crippen MR) is 13.6 cm³/mol. The van der Waals surface area contributed by atoms with Crippen LogP contribution < -0.4 is 5.84 Å². The minimum absolute atomic E-state index is 0.306. The zero-order valence-corrected chi connectivity index (χ0v) is 2.33. The van der Waals surface area contributed by atoms with Crippen molar-refractivity contribution in [1.29, 1.82) is 0 Å². The first-order valence-electron chi connectivity index (χ1n) is 0.841. The predicted octanol–water partition coefficient (Wildman–Crippen LogP) is -0.767. The van der Waals surface area contributed by atoms with E-state index >= 15 is 0 Å². The molecule has 0 aromatic rings. The van der Waals surface area contributed by atoms with Gasteiger partial charge in [-0.3, -0.25) is 5.21 Å². The van der Waals surface area contributed by atoms with Gasteiger partial charge in [0.05, 0.1) is 5.29 Å². The summed E-state index contributed by atoms with van der Waals surface area (Å²) in [5.41, 5.74) is 0. The first kappa shape index (κ1) is 4.32. The summed E-state index contributed by atoms with van der Waals surface area (Å²) in [5.74, 6) is 4.20. The fourth-order valence-corrected chi connectivity index (χ4v) is 0. The van der Waals surface area contributed by atoms with E-state index in [-0.39, 0.29) is 5.28 Å². The van der Waals surface area contributed by atoms with Crippen LogP contribution in [0.5, 0.6) is 0 Å². The van der Waals surface area contributed by atoms with Gasteiger partial charge in [0, 0.05) is 0 Å². The Kier molecular flexibility index (Phi) is 1.40. The molecular weight excluding hydrogens is 74.0 g/mol. The Labute approximate surface area is 27.9 Å². The Hall–Kier alpha value is -0.680. The zero-order chi connectivity index (χ0) is 4.28. The molecule has 5 heteroatoms. The van der Waals surface area contributed by atoms with E-state index in [4.69, 9.17) is 10.1 Å². The second-order valence-electron chi connectivity index (χ2n) is 0.402. The molecule has 5 nitrogen and oxygen atoms in total. The number of hydrazine groups is 1. The van der Waals surface area contributed by atoms with Crippen molar-refractivity contribution in [3.8, 4) is 0 Å². The minimum Gasteiger partial charge on any atom is -0.255 e. The van der Waals surface area contributed by atoms with Crippen LogP contribution in [0.2, 0.25) is 0 Å². The highest BCUT2D eigenvalue weighted by Crippen LogP contribution is 1.56. The highest BCUT2D eigenvalue weighted by molar-refractivity contribution is 4.00. The normalized spacial score (nSPS) is 6.80. The largest absolute Gasteiger partial charge is 0.255 e.